The van der Waals surface area contributed by atoms with Gasteiger partial charge in [0.1, 0.15) is 17.1 Å². The van der Waals surface area contributed by atoms with Crippen molar-refractivity contribution in [2.24, 2.45) is 11.1 Å². The molecule has 1 unspecified atom stereocenters. The number of ether oxygens (including phenoxy) is 2. The lowest BCUT2D eigenvalue weighted by molar-refractivity contribution is -0.00902. The first-order chi connectivity index (χ1) is 8.47. The predicted octanol–water partition coefficient (Wildman–Crippen LogP) is 3.04. The van der Waals surface area contributed by atoms with E-state index < -0.39 is 0 Å². The summed E-state index contributed by atoms with van der Waals surface area (Å²) in [7, 11) is 1.67. The van der Waals surface area contributed by atoms with Crippen molar-refractivity contribution in [2.75, 3.05) is 7.11 Å². The second kappa shape index (κ2) is 3.64. The first-order valence-electron chi connectivity index (χ1n) is 6.60. The highest BCUT2D eigenvalue weighted by molar-refractivity contribution is 5.44. The maximum absolute atomic E-state index is 6.33. The van der Waals surface area contributed by atoms with E-state index in [9.17, 15) is 0 Å². The average Bonchev–Trinajstić information content (AvgIpc) is 3.09. The van der Waals surface area contributed by atoms with Crippen LogP contribution in [0.25, 0.3) is 0 Å². The zero-order chi connectivity index (χ0) is 13.0. The molecule has 1 aliphatic heterocycles. The molecule has 3 nitrogen and oxygen atoms in total. The van der Waals surface area contributed by atoms with Gasteiger partial charge in [0.2, 0.25) is 0 Å². The Morgan fingerprint density at radius 1 is 1.33 bits per heavy atom. The molecule has 0 amide bonds. The van der Waals surface area contributed by atoms with Crippen molar-refractivity contribution < 1.29 is 9.47 Å². The second-order valence-corrected chi connectivity index (χ2v) is 6.11. The molecule has 1 aromatic rings. The Morgan fingerprint density at radius 3 is 2.67 bits per heavy atom. The van der Waals surface area contributed by atoms with Gasteiger partial charge >= 0.3 is 0 Å². The summed E-state index contributed by atoms with van der Waals surface area (Å²) >= 11 is 0. The Bertz CT molecular complexity index is 481. The van der Waals surface area contributed by atoms with E-state index in [4.69, 9.17) is 15.2 Å². The van der Waals surface area contributed by atoms with Crippen LogP contribution < -0.4 is 15.2 Å². The topological polar surface area (TPSA) is 44.5 Å². The smallest absolute Gasteiger partial charge is 0.125 e. The molecule has 18 heavy (non-hydrogen) atoms. The van der Waals surface area contributed by atoms with Crippen molar-refractivity contribution in [1.29, 1.82) is 0 Å². The van der Waals surface area contributed by atoms with Crippen molar-refractivity contribution >= 4 is 0 Å². The Kier molecular flexibility index (Phi) is 2.39. The molecule has 3 heteroatoms. The molecular weight excluding hydrogens is 226 g/mol. The molecule has 0 saturated heterocycles. The van der Waals surface area contributed by atoms with Gasteiger partial charge in [0, 0.05) is 23.4 Å². The van der Waals surface area contributed by atoms with Gasteiger partial charge < -0.3 is 15.2 Å². The Labute approximate surface area is 108 Å². The number of hydrogen-bond acceptors (Lipinski definition) is 3. The lowest BCUT2D eigenvalue weighted by Gasteiger charge is -2.43. The number of hydrogen-bond donors (Lipinski definition) is 1. The van der Waals surface area contributed by atoms with E-state index in [1.807, 2.05) is 18.2 Å². The van der Waals surface area contributed by atoms with Crippen molar-refractivity contribution in [1.82, 2.24) is 0 Å². The molecule has 1 aliphatic carbocycles. The molecule has 0 aromatic heterocycles. The normalized spacial score (nSPS) is 32.3. The largest absolute Gasteiger partial charge is 0.497 e. The highest BCUT2D eigenvalue weighted by Crippen LogP contribution is 2.59. The van der Waals surface area contributed by atoms with E-state index in [1.165, 1.54) is 12.8 Å². The molecule has 3 rings (SSSR count). The number of fused-ring (bicyclic) bond motifs is 1. The lowest BCUT2D eigenvalue weighted by atomic mass is 9.78. The van der Waals surface area contributed by atoms with E-state index >= 15 is 0 Å². The van der Waals surface area contributed by atoms with Crippen molar-refractivity contribution in [2.45, 2.75) is 44.8 Å². The summed E-state index contributed by atoms with van der Waals surface area (Å²) in [5.74, 6) is 1.76. The van der Waals surface area contributed by atoms with E-state index in [0.717, 1.165) is 23.5 Å². The second-order valence-electron chi connectivity index (χ2n) is 6.11. The van der Waals surface area contributed by atoms with Crippen LogP contribution in [0.15, 0.2) is 18.2 Å². The quantitative estimate of drug-likeness (QED) is 0.873. The number of rotatable bonds is 2. The summed E-state index contributed by atoms with van der Waals surface area (Å²) in [6.45, 7) is 4.50. The van der Waals surface area contributed by atoms with Gasteiger partial charge in [-0.2, -0.15) is 0 Å². The van der Waals surface area contributed by atoms with Crippen molar-refractivity contribution in [3.8, 4) is 11.5 Å². The number of methoxy groups -OCH3 is 1. The van der Waals surface area contributed by atoms with E-state index in [2.05, 4.69) is 13.8 Å². The summed E-state index contributed by atoms with van der Waals surface area (Å²) in [5.41, 5.74) is 7.56. The molecule has 2 atom stereocenters. The first-order valence-corrected chi connectivity index (χ1v) is 6.60. The number of nitrogens with two attached hydrogens (primary N) is 1. The Hall–Kier alpha value is -1.22. The van der Waals surface area contributed by atoms with Crippen LogP contribution in [0.5, 0.6) is 11.5 Å². The third-order valence-corrected chi connectivity index (χ3v) is 4.84. The first kappa shape index (κ1) is 11.8. The zero-order valence-electron chi connectivity index (χ0n) is 11.3. The van der Waals surface area contributed by atoms with Gasteiger partial charge in [0.05, 0.1) is 7.11 Å². The summed E-state index contributed by atoms with van der Waals surface area (Å²) in [5, 5.41) is 0. The fraction of sp³-hybridized carbons (Fsp3) is 0.600. The van der Waals surface area contributed by atoms with Crippen LogP contribution in [0.1, 0.15) is 44.7 Å². The standard InChI is InChI=1S/C15H21NO2/c1-14(6-7-14)15(2)9-12(16)11-8-10(17-3)4-5-13(11)18-15/h4-5,8,12H,6-7,9,16H2,1-3H3/t12-,15?/m1/s1. The van der Waals surface area contributed by atoms with Crippen LogP contribution in [0.3, 0.4) is 0 Å². The molecule has 98 valence electrons. The van der Waals surface area contributed by atoms with Gasteiger partial charge in [0.25, 0.3) is 0 Å². The molecule has 1 aromatic carbocycles. The van der Waals surface area contributed by atoms with Gasteiger partial charge in [-0.1, -0.05) is 6.92 Å². The predicted molar refractivity (Wildman–Crippen MR) is 70.9 cm³/mol. The third kappa shape index (κ3) is 1.61. The molecule has 0 bridgehead atoms. The number of benzene rings is 1. The molecule has 1 heterocycles. The van der Waals surface area contributed by atoms with Crippen LogP contribution in [-0.4, -0.2) is 12.7 Å². The van der Waals surface area contributed by atoms with Gasteiger partial charge in [-0.05, 0) is 38.0 Å². The van der Waals surface area contributed by atoms with E-state index in [-0.39, 0.29) is 11.6 Å². The molecule has 2 aliphatic rings. The fourth-order valence-corrected chi connectivity index (χ4v) is 2.94. The lowest BCUT2D eigenvalue weighted by Crippen LogP contribution is -2.46. The highest BCUT2D eigenvalue weighted by atomic mass is 16.5. The van der Waals surface area contributed by atoms with Crippen molar-refractivity contribution in [3.05, 3.63) is 23.8 Å². The highest BCUT2D eigenvalue weighted by Gasteiger charge is 2.57. The summed E-state index contributed by atoms with van der Waals surface area (Å²) in [6, 6.07) is 5.95. The van der Waals surface area contributed by atoms with Gasteiger partial charge in [-0.3, -0.25) is 0 Å². The van der Waals surface area contributed by atoms with Gasteiger partial charge in [-0.25, -0.2) is 0 Å². The minimum atomic E-state index is -0.131. The average molecular weight is 247 g/mol. The Morgan fingerprint density at radius 2 is 2.06 bits per heavy atom. The Balaban J connectivity index is 1.98. The minimum absolute atomic E-state index is 0.0336. The SMILES string of the molecule is COc1ccc2c(c1)[C@H](N)CC(C)(C1(C)CC1)O2. The monoisotopic (exact) mass is 247 g/mol. The molecule has 1 saturated carbocycles. The van der Waals surface area contributed by atoms with Crippen LogP contribution in [-0.2, 0) is 0 Å². The molecule has 1 fully saturated rings. The summed E-state index contributed by atoms with van der Waals surface area (Å²) in [6.07, 6.45) is 3.35. The maximum Gasteiger partial charge on any atom is 0.125 e. The summed E-state index contributed by atoms with van der Waals surface area (Å²) in [4.78, 5) is 0. The zero-order valence-corrected chi connectivity index (χ0v) is 11.3. The molecule has 0 spiro atoms. The van der Waals surface area contributed by atoms with Crippen LogP contribution in [0.2, 0.25) is 0 Å². The van der Waals surface area contributed by atoms with E-state index in [1.54, 1.807) is 7.11 Å². The fourth-order valence-electron chi connectivity index (χ4n) is 2.94. The van der Waals surface area contributed by atoms with Gasteiger partial charge in [-0.15, -0.1) is 0 Å². The van der Waals surface area contributed by atoms with Crippen LogP contribution in [0, 0.1) is 5.41 Å². The van der Waals surface area contributed by atoms with E-state index in [0.29, 0.717) is 5.41 Å². The molecule has 2 N–H and O–H groups in total. The van der Waals surface area contributed by atoms with Crippen LogP contribution >= 0.6 is 0 Å². The van der Waals surface area contributed by atoms with Crippen molar-refractivity contribution in [3.63, 3.8) is 0 Å². The minimum Gasteiger partial charge on any atom is -0.497 e. The summed E-state index contributed by atoms with van der Waals surface area (Å²) < 4.78 is 11.5. The molecule has 0 radical (unpaired) electrons. The van der Waals surface area contributed by atoms with Crippen LogP contribution in [0.4, 0.5) is 0 Å². The maximum atomic E-state index is 6.33. The molecular formula is C15H21NO2. The third-order valence-electron chi connectivity index (χ3n) is 4.84. The van der Waals surface area contributed by atoms with Gasteiger partial charge in [0.15, 0.2) is 0 Å².